The van der Waals surface area contributed by atoms with Crippen LogP contribution in [0.2, 0.25) is 0 Å². The second-order valence-electron chi connectivity index (χ2n) is 5.04. The SMILES string of the molecule is CCCNC(C)CC(C)(C)c1sccc1Br. The van der Waals surface area contributed by atoms with Gasteiger partial charge in [-0.15, -0.1) is 11.3 Å². The third-order valence-electron chi connectivity index (χ3n) is 2.79. The van der Waals surface area contributed by atoms with Gasteiger partial charge < -0.3 is 5.32 Å². The highest BCUT2D eigenvalue weighted by Gasteiger charge is 2.26. The number of halogens is 1. The number of thiophene rings is 1. The molecule has 0 bridgehead atoms. The number of hydrogen-bond acceptors (Lipinski definition) is 2. The second kappa shape index (κ2) is 6.18. The van der Waals surface area contributed by atoms with E-state index in [0.717, 1.165) is 6.54 Å². The Bertz CT molecular complexity index is 319. The quantitative estimate of drug-likeness (QED) is 0.812. The molecule has 1 N–H and O–H groups in total. The van der Waals surface area contributed by atoms with Gasteiger partial charge in [0.25, 0.3) is 0 Å². The van der Waals surface area contributed by atoms with E-state index >= 15 is 0 Å². The minimum Gasteiger partial charge on any atom is -0.314 e. The Morgan fingerprint density at radius 2 is 2.19 bits per heavy atom. The van der Waals surface area contributed by atoms with Crippen LogP contribution in [0.3, 0.4) is 0 Å². The van der Waals surface area contributed by atoms with Gasteiger partial charge in [0.05, 0.1) is 0 Å². The van der Waals surface area contributed by atoms with Gasteiger partial charge in [-0.25, -0.2) is 0 Å². The van der Waals surface area contributed by atoms with Crippen molar-refractivity contribution in [1.82, 2.24) is 5.32 Å². The molecular formula is C13H22BrNS. The second-order valence-corrected chi connectivity index (χ2v) is 6.81. The van der Waals surface area contributed by atoms with Crippen LogP contribution in [0.4, 0.5) is 0 Å². The number of hydrogen-bond donors (Lipinski definition) is 1. The molecule has 92 valence electrons. The predicted octanol–water partition coefficient (Wildman–Crippen LogP) is 4.57. The largest absolute Gasteiger partial charge is 0.314 e. The molecule has 1 aromatic rings. The van der Waals surface area contributed by atoms with Gasteiger partial charge in [0.2, 0.25) is 0 Å². The molecule has 1 unspecified atom stereocenters. The molecule has 1 nitrogen and oxygen atoms in total. The summed E-state index contributed by atoms with van der Waals surface area (Å²) in [7, 11) is 0. The lowest BCUT2D eigenvalue weighted by Crippen LogP contribution is -2.33. The lowest BCUT2D eigenvalue weighted by Gasteiger charge is -2.28. The maximum Gasteiger partial charge on any atom is 0.0319 e. The van der Waals surface area contributed by atoms with Crippen LogP contribution in [-0.2, 0) is 5.41 Å². The lowest BCUT2D eigenvalue weighted by molar-refractivity contribution is 0.394. The molecule has 0 fully saturated rings. The molecule has 1 aromatic heterocycles. The van der Waals surface area contributed by atoms with Crippen LogP contribution in [-0.4, -0.2) is 12.6 Å². The van der Waals surface area contributed by atoms with E-state index < -0.39 is 0 Å². The Kier molecular flexibility index (Phi) is 5.48. The number of nitrogens with one attached hydrogen (secondary N) is 1. The molecule has 1 atom stereocenters. The maximum atomic E-state index is 3.63. The van der Waals surface area contributed by atoms with E-state index in [2.05, 4.69) is 60.4 Å². The van der Waals surface area contributed by atoms with Crippen molar-refractivity contribution in [3.05, 3.63) is 20.8 Å². The van der Waals surface area contributed by atoms with Gasteiger partial charge in [0.15, 0.2) is 0 Å². The summed E-state index contributed by atoms with van der Waals surface area (Å²) < 4.78 is 1.25. The highest BCUT2D eigenvalue weighted by atomic mass is 79.9. The van der Waals surface area contributed by atoms with Crippen LogP contribution >= 0.6 is 27.3 Å². The van der Waals surface area contributed by atoms with Crippen molar-refractivity contribution in [3.8, 4) is 0 Å². The Balaban J connectivity index is 2.61. The smallest absolute Gasteiger partial charge is 0.0319 e. The first-order valence-corrected chi connectivity index (χ1v) is 7.61. The monoisotopic (exact) mass is 303 g/mol. The summed E-state index contributed by atoms with van der Waals surface area (Å²) >= 11 is 5.48. The zero-order chi connectivity index (χ0) is 12.2. The molecule has 0 amide bonds. The van der Waals surface area contributed by atoms with Crippen molar-refractivity contribution in [2.24, 2.45) is 0 Å². The zero-order valence-corrected chi connectivity index (χ0v) is 13.0. The van der Waals surface area contributed by atoms with Crippen LogP contribution in [0, 0.1) is 0 Å². The minimum atomic E-state index is 0.243. The first kappa shape index (κ1) is 14.2. The molecule has 1 rings (SSSR count). The van der Waals surface area contributed by atoms with E-state index in [1.807, 2.05) is 11.3 Å². The highest BCUT2D eigenvalue weighted by molar-refractivity contribution is 9.10. The molecule has 0 aliphatic rings. The van der Waals surface area contributed by atoms with Crippen LogP contribution in [0.25, 0.3) is 0 Å². The first-order valence-electron chi connectivity index (χ1n) is 5.94. The summed E-state index contributed by atoms with van der Waals surface area (Å²) in [4.78, 5) is 1.46. The molecular weight excluding hydrogens is 282 g/mol. The van der Waals surface area contributed by atoms with Crippen LogP contribution < -0.4 is 5.32 Å². The van der Waals surface area contributed by atoms with E-state index in [1.165, 1.54) is 22.2 Å². The summed E-state index contributed by atoms with van der Waals surface area (Å²) in [6.45, 7) is 10.3. The summed E-state index contributed by atoms with van der Waals surface area (Å²) in [5, 5.41) is 5.72. The van der Waals surface area contributed by atoms with Crippen molar-refractivity contribution in [3.63, 3.8) is 0 Å². The van der Waals surface area contributed by atoms with E-state index in [0.29, 0.717) is 6.04 Å². The molecule has 0 aliphatic heterocycles. The van der Waals surface area contributed by atoms with Gasteiger partial charge in [0.1, 0.15) is 0 Å². The van der Waals surface area contributed by atoms with Crippen LogP contribution in [0.5, 0.6) is 0 Å². The van der Waals surface area contributed by atoms with Crippen molar-refractivity contribution in [2.45, 2.75) is 52.0 Å². The summed E-state index contributed by atoms with van der Waals surface area (Å²) in [5.74, 6) is 0. The molecule has 1 heterocycles. The molecule has 0 radical (unpaired) electrons. The zero-order valence-electron chi connectivity index (χ0n) is 10.6. The number of rotatable bonds is 6. The fourth-order valence-electron chi connectivity index (χ4n) is 2.10. The van der Waals surface area contributed by atoms with Crippen LogP contribution in [0.1, 0.15) is 45.4 Å². The molecule has 0 spiro atoms. The van der Waals surface area contributed by atoms with Crippen molar-refractivity contribution in [1.29, 1.82) is 0 Å². The summed E-state index contributed by atoms with van der Waals surface area (Å²) in [6, 6.07) is 2.72. The minimum absolute atomic E-state index is 0.243. The molecule has 0 saturated heterocycles. The third kappa shape index (κ3) is 3.86. The van der Waals surface area contributed by atoms with Crippen molar-refractivity contribution >= 4 is 27.3 Å². The van der Waals surface area contributed by atoms with Crippen LogP contribution in [0.15, 0.2) is 15.9 Å². The normalized spacial score (nSPS) is 14.1. The molecule has 3 heteroatoms. The Morgan fingerprint density at radius 3 is 2.69 bits per heavy atom. The highest BCUT2D eigenvalue weighted by Crippen LogP contribution is 2.37. The van der Waals surface area contributed by atoms with E-state index in [-0.39, 0.29) is 5.41 Å². The third-order valence-corrected chi connectivity index (χ3v) is 4.99. The summed E-state index contributed by atoms with van der Waals surface area (Å²) in [5.41, 5.74) is 0.243. The topological polar surface area (TPSA) is 12.0 Å². The average Bonchev–Trinajstić information content (AvgIpc) is 2.61. The molecule has 0 saturated carbocycles. The summed E-state index contributed by atoms with van der Waals surface area (Å²) in [6.07, 6.45) is 2.37. The molecule has 0 aliphatic carbocycles. The predicted molar refractivity (Wildman–Crippen MR) is 77.4 cm³/mol. The van der Waals surface area contributed by atoms with Gasteiger partial charge in [-0.3, -0.25) is 0 Å². The maximum absolute atomic E-state index is 3.63. The van der Waals surface area contributed by atoms with Gasteiger partial charge in [-0.05, 0) is 53.7 Å². The average molecular weight is 304 g/mol. The van der Waals surface area contributed by atoms with Gasteiger partial charge >= 0.3 is 0 Å². The Hall–Kier alpha value is 0.140. The lowest BCUT2D eigenvalue weighted by atomic mass is 9.84. The van der Waals surface area contributed by atoms with Gasteiger partial charge in [-0.2, -0.15) is 0 Å². The van der Waals surface area contributed by atoms with E-state index in [9.17, 15) is 0 Å². The Labute approximate surface area is 112 Å². The van der Waals surface area contributed by atoms with Crippen molar-refractivity contribution in [2.75, 3.05) is 6.54 Å². The standard InChI is InChI=1S/C13H22BrNS/c1-5-7-15-10(2)9-13(3,4)12-11(14)6-8-16-12/h6,8,10,15H,5,7,9H2,1-4H3. The molecule has 0 aromatic carbocycles. The first-order chi connectivity index (χ1) is 7.47. The van der Waals surface area contributed by atoms with Crippen molar-refractivity contribution < 1.29 is 0 Å². The molecule has 16 heavy (non-hydrogen) atoms. The fourth-order valence-corrected chi connectivity index (χ4v) is 4.15. The van der Waals surface area contributed by atoms with Gasteiger partial charge in [0, 0.05) is 20.8 Å². The van der Waals surface area contributed by atoms with E-state index in [1.54, 1.807) is 0 Å². The van der Waals surface area contributed by atoms with Gasteiger partial charge in [-0.1, -0.05) is 20.8 Å². The Morgan fingerprint density at radius 1 is 1.50 bits per heavy atom. The van der Waals surface area contributed by atoms with E-state index in [4.69, 9.17) is 0 Å². The fraction of sp³-hybridized carbons (Fsp3) is 0.692.